The van der Waals surface area contributed by atoms with Gasteiger partial charge in [-0.05, 0) is 6.08 Å². The molecule has 1 aromatic rings. The smallest absolute Gasteiger partial charge is 0.305 e. The number of hydrogen-bond donors (Lipinski definition) is 2. The lowest BCUT2D eigenvalue weighted by Gasteiger charge is -2.09. The zero-order chi connectivity index (χ0) is 34.6. The highest BCUT2D eigenvalue weighted by Gasteiger charge is 2.02. The molecule has 274 valence electrons. The van der Waals surface area contributed by atoms with Crippen molar-refractivity contribution >= 4 is 17.7 Å². The van der Waals surface area contributed by atoms with E-state index in [0.717, 1.165) is 0 Å². The monoisotopic (exact) mass is 687 g/mol. The van der Waals surface area contributed by atoms with E-state index < -0.39 is 5.97 Å². The van der Waals surface area contributed by atoms with Crippen molar-refractivity contribution in [2.75, 3.05) is 139 Å². The normalized spacial score (nSPS) is 11.3. The molecule has 1 rings (SSSR count). The van der Waals surface area contributed by atoms with Gasteiger partial charge in [-0.3, -0.25) is 14.4 Å². The third-order valence-electron chi connectivity index (χ3n) is 5.80. The van der Waals surface area contributed by atoms with Gasteiger partial charge in [-0.1, -0.05) is 30.3 Å². The second-order valence-electron chi connectivity index (χ2n) is 9.62. The molecule has 0 aliphatic carbocycles. The van der Waals surface area contributed by atoms with E-state index in [0.29, 0.717) is 138 Å². The predicted molar refractivity (Wildman–Crippen MR) is 173 cm³/mol. The molecule has 2 N–H and O–H groups in total. The summed E-state index contributed by atoms with van der Waals surface area (Å²) in [6, 6.07) is 8.74. The largest absolute Gasteiger partial charge is 0.481 e. The Morgan fingerprint density at radius 3 is 1.17 bits per heavy atom. The van der Waals surface area contributed by atoms with Gasteiger partial charge in [-0.15, -0.1) is 0 Å². The van der Waals surface area contributed by atoms with E-state index in [1.54, 1.807) is 24.3 Å². The van der Waals surface area contributed by atoms with Crippen LogP contribution in [0.25, 0.3) is 0 Å². The summed E-state index contributed by atoms with van der Waals surface area (Å²) in [5, 5.41) is 11.1. The van der Waals surface area contributed by atoms with Crippen molar-refractivity contribution in [1.82, 2.24) is 5.32 Å². The summed E-state index contributed by atoms with van der Waals surface area (Å²) >= 11 is 0. The highest BCUT2D eigenvalue weighted by Crippen LogP contribution is 2.00. The SMILES string of the molecule is O=C(O)CCOCCOCCOCCOCCOCCOCCOCCOCCOCCOCCNC(=O)/C=C/C(=O)c1ccccc1. The Hall–Kier alpha value is -2.83. The maximum Gasteiger partial charge on any atom is 0.305 e. The number of carbonyl (C=O) groups excluding carboxylic acids is 2. The molecule has 0 heterocycles. The zero-order valence-corrected chi connectivity index (χ0v) is 27.9. The number of rotatable bonds is 36. The van der Waals surface area contributed by atoms with Crippen molar-refractivity contribution in [2.45, 2.75) is 6.42 Å². The number of nitrogens with one attached hydrogen (secondary N) is 1. The highest BCUT2D eigenvalue weighted by atomic mass is 16.6. The van der Waals surface area contributed by atoms with Crippen LogP contribution in [0.1, 0.15) is 16.8 Å². The van der Waals surface area contributed by atoms with Crippen LogP contribution in [0, 0.1) is 0 Å². The number of carbonyl (C=O) groups is 3. The maximum absolute atomic E-state index is 11.9. The fraction of sp³-hybridized carbons (Fsp3) is 0.667. The number of carboxylic acids is 1. The minimum atomic E-state index is -0.880. The Labute approximate surface area is 283 Å². The van der Waals surface area contributed by atoms with Gasteiger partial charge < -0.3 is 57.8 Å². The number of ketones is 1. The van der Waals surface area contributed by atoms with E-state index in [2.05, 4.69) is 5.32 Å². The number of amides is 1. The second kappa shape index (κ2) is 34.0. The zero-order valence-electron chi connectivity index (χ0n) is 27.9. The summed E-state index contributed by atoms with van der Waals surface area (Å²) in [6.45, 7) is 8.85. The van der Waals surface area contributed by atoms with Crippen molar-refractivity contribution in [1.29, 1.82) is 0 Å². The Balaban J connectivity index is 1.68. The first-order valence-corrected chi connectivity index (χ1v) is 16.1. The topological polar surface area (TPSA) is 176 Å². The lowest BCUT2D eigenvalue weighted by molar-refractivity contribution is -0.138. The molecule has 0 atom stereocenters. The average Bonchev–Trinajstić information content (AvgIpc) is 3.09. The van der Waals surface area contributed by atoms with E-state index in [1.807, 2.05) is 6.07 Å². The summed E-state index contributed by atoms with van der Waals surface area (Å²) in [5.41, 5.74) is 0.529. The third kappa shape index (κ3) is 30.5. The van der Waals surface area contributed by atoms with Crippen molar-refractivity contribution < 1.29 is 66.9 Å². The average molecular weight is 688 g/mol. The number of carboxylic acid groups (broad SMARTS) is 1. The van der Waals surface area contributed by atoms with Gasteiger partial charge >= 0.3 is 5.97 Å². The first-order chi connectivity index (χ1) is 23.6. The standard InChI is InChI=1S/C33H53NO14/c35-31(30-4-2-1-3-5-30)6-7-32(36)34-9-11-40-13-15-42-17-19-44-21-23-46-25-27-48-29-28-47-26-24-45-22-20-43-18-16-41-14-12-39-10-8-33(37)38/h1-7H,8-29H2,(H,34,36)(H,37,38)/b7-6+. The first-order valence-electron chi connectivity index (χ1n) is 16.1. The van der Waals surface area contributed by atoms with Gasteiger partial charge in [-0.2, -0.15) is 0 Å². The van der Waals surface area contributed by atoms with Crippen LogP contribution in [0.15, 0.2) is 42.5 Å². The Morgan fingerprint density at radius 2 is 0.812 bits per heavy atom. The number of allylic oxidation sites excluding steroid dienone is 1. The molecule has 0 saturated carbocycles. The number of benzene rings is 1. The number of aliphatic carboxylic acids is 1. The highest BCUT2D eigenvalue weighted by molar-refractivity contribution is 6.07. The van der Waals surface area contributed by atoms with Crippen LogP contribution in [0.5, 0.6) is 0 Å². The van der Waals surface area contributed by atoms with Gasteiger partial charge in [0, 0.05) is 18.2 Å². The van der Waals surface area contributed by atoms with Crippen LogP contribution in [-0.4, -0.2) is 161 Å². The fourth-order valence-electron chi connectivity index (χ4n) is 3.40. The molecule has 1 amide bonds. The molecule has 0 aromatic heterocycles. The van der Waals surface area contributed by atoms with Gasteiger partial charge in [0.1, 0.15) is 0 Å². The fourth-order valence-corrected chi connectivity index (χ4v) is 3.40. The molecule has 0 saturated heterocycles. The molecule has 15 nitrogen and oxygen atoms in total. The van der Waals surface area contributed by atoms with Crippen molar-refractivity contribution in [2.24, 2.45) is 0 Å². The van der Waals surface area contributed by atoms with E-state index >= 15 is 0 Å². The van der Waals surface area contributed by atoms with Gasteiger partial charge in [0.05, 0.1) is 139 Å². The van der Waals surface area contributed by atoms with Crippen molar-refractivity contribution in [3.63, 3.8) is 0 Å². The van der Waals surface area contributed by atoms with Gasteiger partial charge in [-0.25, -0.2) is 0 Å². The predicted octanol–water partition coefficient (Wildman–Crippen LogP) is 1.18. The summed E-state index contributed by atoms with van der Waals surface area (Å²) in [4.78, 5) is 34.0. The molecule has 15 heteroatoms. The molecule has 0 fully saturated rings. The van der Waals surface area contributed by atoms with Crippen LogP contribution in [-0.2, 0) is 57.0 Å². The van der Waals surface area contributed by atoms with Gasteiger partial charge in [0.15, 0.2) is 5.78 Å². The Kier molecular flexibility index (Phi) is 30.6. The summed E-state index contributed by atoms with van der Waals surface area (Å²) in [6.07, 6.45) is 2.46. The summed E-state index contributed by atoms with van der Waals surface area (Å²) < 4.78 is 53.9. The van der Waals surface area contributed by atoms with Crippen LogP contribution < -0.4 is 5.32 Å². The van der Waals surface area contributed by atoms with E-state index in [4.69, 9.17) is 52.5 Å². The molecule has 0 aliphatic heterocycles. The van der Waals surface area contributed by atoms with E-state index in [-0.39, 0.29) is 24.7 Å². The summed E-state index contributed by atoms with van der Waals surface area (Å²) in [7, 11) is 0. The van der Waals surface area contributed by atoms with Crippen molar-refractivity contribution in [3.05, 3.63) is 48.0 Å². The van der Waals surface area contributed by atoms with Gasteiger partial charge in [0.25, 0.3) is 0 Å². The molecule has 0 spiro atoms. The van der Waals surface area contributed by atoms with Crippen molar-refractivity contribution in [3.8, 4) is 0 Å². The van der Waals surface area contributed by atoms with Crippen LogP contribution >= 0.6 is 0 Å². The molecule has 48 heavy (non-hydrogen) atoms. The van der Waals surface area contributed by atoms with E-state index in [1.165, 1.54) is 12.2 Å². The lowest BCUT2D eigenvalue weighted by atomic mass is 10.1. The molecular formula is C33H53NO14. The first kappa shape index (κ1) is 43.2. The maximum atomic E-state index is 11.9. The van der Waals surface area contributed by atoms with Gasteiger partial charge in [0.2, 0.25) is 5.91 Å². The minimum absolute atomic E-state index is 0.00914. The Bertz CT molecular complexity index is 934. The lowest BCUT2D eigenvalue weighted by Crippen LogP contribution is -2.26. The number of hydrogen-bond acceptors (Lipinski definition) is 13. The molecule has 1 aromatic carbocycles. The Morgan fingerprint density at radius 1 is 0.479 bits per heavy atom. The quantitative estimate of drug-likeness (QED) is 0.0584. The second-order valence-corrected chi connectivity index (χ2v) is 9.62. The summed E-state index contributed by atoms with van der Waals surface area (Å²) in [5.74, 6) is -1.46. The van der Waals surface area contributed by atoms with Crippen LogP contribution in [0.2, 0.25) is 0 Å². The molecule has 0 bridgehead atoms. The molecular weight excluding hydrogens is 634 g/mol. The molecule has 0 radical (unpaired) electrons. The third-order valence-corrected chi connectivity index (χ3v) is 5.80. The molecule has 0 aliphatic rings. The number of ether oxygens (including phenoxy) is 10. The molecule has 0 unspecified atom stereocenters. The van der Waals surface area contributed by atoms with Crippen LogP contribution in [0.4, 0.5) is 0 Å². The van der Waals surface area contributed by atoms with E-state index in [9.17, 15) is 14.4 Å². The minimum Gasteiger partial charge on any atom is -0.481 e. The van der Waals surface area contributed by atoms with Crippen LogP contribution in [0.3, 0.4) is 0 Å².